The van der Waals surface area contributed by atoms with Gasteiger partial charge >= 0.3 is 6.18 Å². The summed E-state index contributed by atoms with van der Waals surface area (Å²) in [5, 5.41) is 0. The van der Waals surface area contributed by atoms with Gasteiger partial charge in [-0.3, -0.25) is 4.40 Å². The fourth-order valence-electron chi connectivity index (χ4n) is 3.92. The lowest BCUT2D eigenvalue weighted by Crippen LogP contribution is -2.08. The van der Waals surface area contributed by atoms with E-state index in [0.29, 0.717) is 22.6 Å². The van der Waals surface area contributed by atoms with Crippen molar-refractivity contribution in [2.75, 3.05) is 19.0 Å². The first-order valence-electron chi connectivity index (χ1n) is 10.7. The predicted octanol–water partition coefficient (Wildman–Crippen LogP) is 6.82. The molecule has 2 aromatic heterocycles. The molecule has 0 unspecified atom stereocenters. The van der Waals surface area contributed by atoms with Crippen LogP contribution in [0.5, 0.6) is 0 Å². The van der Waals surface area contributed by atoms with Crippen LogP contribution < -0.4 is 4.90 Å². The second-order valence-electron chi connectivity index (χ2n) is 8.20. The minimum absolute atomic E-state index is 0.386. The van der Waals surface area contributed by atoms with Crippen molar-refractivity contribution >= 4 is 11.3 Å². The number of fused-ring (bicyclic) bond motifs is 1. The summed E-state index contributed by atoms with van der Waals surface area (Å²) in [6.07, 6.45) is -0.916. The average molecular weight is 458 g/mol. The standard InChI is InChI=1S/C27H21F3N4/c1-33(2)22-13-11-18(12-14-22)24-16-31-26-25(19-7-4-3-5-8-19)32-23(17-34(24)26)20-9-6-10-21(15-20)27(28,29)30/h3-17H,1-2H3. The lowest BCUT2D eigenvalue weighted by Gasteiger charge is -2.13. The van der Waals surface area contributed by atoms with Crippen molar-refractivity contribution in [2.45, 2.75) is 6.18 Å². The van der Waals surface area contributed by atoms with Gasteiger partial charge in [-0.1, -0.05) is 54.6 Å². The van der Waals surface area contributed by atoms with E-state index in [9.17, 15) is 13.2 Å². The lowest BCUT2D eigenvalue weighted by molar-refractivity contribution is -0.137. The summed E-state index contributed by atoms with van der Waals surface area (Å²) < 4.78 is 42.0. The molecule has 0 aliphatic rings. The quantitative estimate of drug-likeness (QED) is 0.296. The van der Waals surface area contributed by atoms with E-state index in [0.717, 1.165) is 34.6 Å². The Balaban J connectivity index is 1.73. The third kappa shape index (κ3) is 4.01. The maximum atomic E-state index is 13.4. The summed E-state index contributed by atoms with van der Waals surface area (Å²) in [6, 6.07) is 22.8. The van der Waals surface area contributed by atoms with E-state index in [2.05, 4.69) is 4.98 Å². The highest BCUT2D eigenvalue weighted by atomic mass is 19.4. The molecule has 0 fully saturated rings. The number of alkyl halides is 3. The molecule has 3 aromatic carbocycles. The molecule has 0 amide bonds. The van der Waals surface area contributed by atoms with E-state index in [1.165, 1.54) is 6.07 Å². The summed E-state index contributed by atoms with van der Waals surface area (Å²) in [6.45, 7) is 0. The fraction of sp³-hybridized carbons (Fsp3) is 0.111. The van der Waals surface area contributed by atoms with E-state index in [1.54, 1.807) is 18.5 Å². The molecule has 0 bridgehead atoms. The molecule has 4 nitrogen and oxygen atoms in total. The normalized spacial score (nSPS) is 11.7. The van der Waals surface area contributed by atoms with Crippen molar-refractivity contribution in [1.82, 2.24) is 14.4 Å². The van der Waals surface area contributed by atoms with Gasteiger partial charge in [-0.25, -0.2) is 9.97 Å². The Hall–Kier alpha value is -4.13. The number of imidazole rings is 1. The van der Waals surface area contributed by atoms with Gasteiger partial charge < -0.3 is 4.90 Å². The van der Waals surface area contributed by atoms with Crippen molar-refractivity contribution in [3.05, 3.63) is 96.8 Å². The third-order valence-corrected chi connectivity index (χ3v) is 5.70. The zero-order chi connectivity index (χ0) is 23.9. The molecule has 0 spiro atoms. The Kier molecular flexibility index (Phi) is 5.32. The van der Waals surface area contributed by atoms with Gasteiger partial charge in [0.2, 0.25) is 0 Å². The lowest BCUT2D eigenvalue weighted by atomic mass is 10.1. The number of anilines is 1. The molecule has 5 rings (SSSR count). The van der Waals surface area contributed by atoms with Crippen molar-refractivity contribution in [3.63, 3.8) is 0 Å². The topological polar surface area (TPSA) is 33.4 Å². The van der Waals surface area contributed by atoms with Crippen LogP contribution >= 0.6 is 0 Å². The molecule has 5 aromatic rings. The van der Waals surface area contributed by atoms with E-state index < -0.39 is 11.7 Å². The Bertz CT molecular complexity index is 1450. The van der Waals surface area contributed by atoms with Crippen LogP contribution in [-0.4, -0.2) is 28.5 Å². The summed E-state index contributed by atoms with van der Waals surface area (Å²) in [5.74, 6) is 0. The molecular weight excluding hydrogens is 437 g/mol. The van der Waals surface area contributed by atoms with Crippen molar-refractivity contribution < 1.29 is 13.2 Å². The van der Waals surface area contributed by atoms with E-state index in [-0.39, 0.29) is 0 Å². The van der Waals surface area contributed by atoms with Gasteiger partial charge in [0.05, 0.1) is 23.1 Å². The number of hydrogen-bond donors (Lipinski definition) is 0. The van der Waals surface area contributed by atoms with Gasteiger partial charge in [-0.15, -0.1) is 0 Å². The van der Waals surface area contributed by atoms with Crippen LogP contribution in [0, 0.1) is 0 Å². The number of aromatic nitrogens is 3. The van der Waals surface area contributed by atoms with Crippen LogP contribution in [-0.2, 0) is 6.18 Å². The molecule has 0 aliphatic carbocycles. The highest BCUT2D eigenvalue weighted by Crippen LogP contribution is 2.34. The van der Waals surface area contributed by atoms with Crippen LogP contribution in [0.3, 0.4) is 0 Å². The van der Waals surface area contributed by atoms with Gasteiger partial charge in [-0.05, 0) is 24.3 Å². The Morgan fingerprint density at radius 3 is 2.18 bits per heavy atom. The maximum Gasteiger partial charge on any atom is 0.416 e. The van der Waals surface area contributed by atoms with Crippen LogP contribution in [0.4, 0.5) is 18.9 Å². The smallest absolute Gasteiger partial charge is 0.378 e. The van der Waals surface area contributed by atoms with Gasteiger partial charge in [0.1, 0.15) is 5.69 Å². The van der Waals surface area contributed by atoms with E-state index >= 15 is 0 Å². The van der Waals surface area contributed by atoms with Gasteiger partial charge in [0.15, 0.2) is 5.65 Å². The Labute approximate surface area is 195 Å². The largest absolute Gasteiger partial charge is 0.416 e. The zero-order valence-electron chi connectivity index (χ0n) is 18.6. The second-order valence-corrected chi connectivity index (χ2v) is 8.20. The summed E-state index contributed by atoms with van der Waals surface area (Å²) in [4.78, 5) is 11.4. The molecule has 0 saturated carbocycles. The minimum atomic E-state index is -4.43. The first-order valence-corrected chi connectivity index (χ1v) is 10.7. The van der Waals surface area contributed by atoms with Crippen molar-refractivity contribution in [3.8, 4) is 33.8 Å². The number of halogens is 3. The van der Waals surface area contributed by atoms with Crippen LogP contribution in [0.2, 0.25) is 0 Å². The predicted molar refractivity (Wildman–Crippen MR) is 129 cm³/mol. The average Bonchev–Trinajstić information content (AvgIpc) is 3.28. The van der Waals surface area contributed by atoms with Gasteiger partial charge in [0, 0.05) is 42.7 Å². The number of rotatable bonds is 4. The van der Waals surface area contributed by atoms with Gasteiger partial charge in [-0.2, -0.15) is 13.2 Å². The van der Waals surface area contributed by atoms with Crippen molar-refractivity contribution in [1.29, 1.82) is 0 Å². The monoisotopic (exact) mass is 458 g/mol. The highest BCUT2D eigenvalue weighted by molar-refractivity contribution is 5.80. The summed E-state index contributed by atoms with van der Waals surface area (Å²) in [5.41, 5.74) is 5.01. The Morgan fingerprint density at radius 2 is 1.50 bits per heavy atom. The van der Waals surface area contributed by atoms with Crippen LogP contribution in [0.1, 0.15) is 5.56 Å². The van der Waals surface area contributed by atoms with Crippen LogP contribution in [0.15, 0.2) is 91.3 Å². The molecule has 0 N–H and O–H groups in total. The molecule has 2 heterocycles. The first kappa shape index (κ1) is 21.7. The van der Waals surface area contributed by atoms with Crippen LogP contribution in [0.25, 0.3) is 39.4 Å². The second kappa shape index (κ2) is 8.33. The number of hydrogen-bond acceptors (Lipinski definition) is 3. The number of nitrogens with zero attached hydrogens (tertiary/aromatic N) is 4. The molecular formula is C27H21F3N4. The zero-order valence-corrected chi connectivity index (χ0v) is 18.6. The molecule has 0 aliphatic heterocycles. The van der Waals surface area contributed by atoms with E-state index in [1.807, 2.05) is 78.0 Å². The maximum absolute atomic E-state index is 13.4. The molecule has 34 heavy (non-hydrogen) atoms. The van der Waals surface area contributed by atoms with Gasteiger partial charge in [0.25, 0.3) is 0 Å². The Morgan fingerprint density at radius 1 is 0.794 bits per heavy atom. The SMILES string of the molecule is CN(C)c1ccc(-c2cnc3c(-c4ccccc4)nc(-c4cccc(C(F)(F)F)c4)cn23)cc1. The molecule has 0 radical (unpaired) electrons. The molecule has 170 valence electrons. The summed E-state index contributed by atoms with van der Waals surface area (Å²) >= 11 is 0. The summed E-state index contributed by atoms with van der Waals surface area (Å²) in [7, 11) is 3.95. The molecule has 0 saturated heterocycles. The van der Waals surface area contributed by atoms with E-state index in [4.69, 9.17) is 4.98 Å². The fourth-order valence-corrected chi connectivity index (χ4v) is 3.92. The number of benzene rings is 3. The molecule has 7 heteroatoms. The molecule has 0 atom stereocenters. The third-order valence-electron chi connectivity index (χ3n) is 5.70. The first-order chi connectivity index (χ1) is 16.3. The minimum Gasteiger partial charge on any atom is -0.378 e. The van der Waals surface area contributed by atoms with Crippen molar-refractivity contribution in [2.24, 2.45) is 0 Å². The highest BCUT2D eigenvalue weighted by Gasteiger charge is 2.30.